The Morgan fingerprint density at radius 1 is 0.853 bits per heavy atom. The van der Waals surface area contributed by atoms with Crippen LogP contribution in [0.4, 0.5) is 0 Å². The molecule has 0 aliphatic heterocycles. The topological polar surface area (TPSA) is 46.9 Å². The molecular weight excluding hydrogens is 418 g/mol. The number of imidazole rings is 1. The Bertz CT molecular complexity index is 1010. The minimum atomic E-state index is 0.00238. The van der Waals surface area contributed by atoms with Crippen LogP contribution in [0, 0.1) is 6.92 Å². The van der Waals surface area contributed by atoms with Crippen molar-refractivity contribution in [1.29, 1.82) is 0 Å². The van der Waals surface area contributed by atoms with Crippen molar-refractivity contribution in [3.63, 3.8) is 0 Å². The van der Waals surface area contributed by atoms with Crippen LogP contribution in [0.5, 0.6) is 0 Å². The third-order valence-electron chi connectivity index (χ3n) is 6.61. The van der Waals surface area contributed by atoms with Gasteiger partial charge in [-0.05, 0) is 44.0 Å². The molecule has 0 spiro atoms. The molecule has 3 aromatic rings. The highest BCUT2D eigenvalue weighted by molar-refractivity contribution is 5.94. The minimum Gasteiger partial charge on any atom is -0.352 e. The first-order valence-corrected chi connectivity index (χ1v) is 13.5. The van der Waals surface area contributed by atoms with Gasteiger partial charge in [0.05, 0.1) is 11.0 Å². The SMILES string of the molecule is CCCCCCCCCCCCn1c(CCCNC(=O)c2cccc(C)c2)nc2ccccc21. The molecule has 0 aliphatic rings. The molecule has 34 heavy (non-hydrogen) atoms. The van der Waals surface area contributed by atoms with Crippen LogP contribution in [-0.4, -0.2) is 22.0 Å². The second kappa shape index (κ2) is 14.6. The first-order valence-electron chi connectivity index (χ1n) is 13.5. The summed E-state index contributed by atoms with van der Waals surface area (Å²) in [7, 11) is 0. The fraction of sp³-hybridized carbons (Fsp3) is 0.533. The number of para-hydroxylation sites is 2. The predicted molar refractivity (Wildman–Crippen MR) is 143 cm³/mol. The number of aryl methyl sites for hydroxylation is 3. The number of unbranched alkanes of at least 4 members (excludes halogenated alkanes) is 9. The normalized spacial score (nSPS) is 11.2. The largest absolute Gasteiger partial charge is 0.352 e. The molecule has 1 amide bonds. The van der Waals surface area contributed by atoms with Crippen LogP contribution in [-0.2, 0) is 13.0 Å². The summed E-state index contributed by atoms with van der Waals surface area (Å²) < 4.78 is 2.41. The number of nitrogens with one attached hydrogen (secondary N) is 1. The van der Waals surface area contributed by atoms with Crippen molar-refractivity contribution in [3.8, 4) is 0 Å². The van der Waals surface area contributed by atoms with Crippen molar-refractivity contribution in [2.45, 2.75) is 97.4 Å². The summed E-state index contributed by atoms with van der Waals surface area (Å²) in [6.45, 7) is 5.98. The third-order valence-corrected chi connectivity index (χ3v) is 6.61. The minimum absolute atomic E-state index is 0.00238. The van der Waals surface area contributed by atoms with Crippen LogP contribution in [0.3, 0.4) is 0 Å². The second-order valence-electron chi connectivity index (χ2n) is 9.58. The van der Waals surface area contributed by atoms with Crippen molar-refractivity contribution >= 4 is 16.9 Å². The molecule has 1 aromatic heterocycles. The van der Waals surface area contributed by atoms with E-state index >= 15 is 0 Å². The number of rotatable bonds is 16. The maximum absolute atomic E-state index is 12.4. The van der Waals surface area contributed by atoms with E-state index in [1.54, 1.807) is 0 Å². The Morgan fingerprint density at radius 2 is 1.56 bits per heavy atom. The zero-order valence-electron chi connectivity index (χ0n) is 21.3. The van der Waals surface area contributed by atoms with E-state index in [4.69, 9.17) is 4.98 Å². The molecule has 0 unspecified atom stereocenters. The molecular formula is C30H43N3O. The van der Waals surface area contributed by atoms with Crippen LogP contribution < -0.4 is 5.32 Å². The summed E-state index contributed by atoms with van der Waals surface area (Å²) in [5, 5.41) is 3.06. The summed E-state index contributed by atoms with van der Waals surface area (Å²) in [6, 6.07) is 16.2. The quantitative estimate of drug-likeness (QED) is 0.223. The zero-order valence-corrected chi connectivity index (χ0v) is 21.3. The van der Waals surface area contributed by atoms with Gasteiger partial charge >= 0.3 is 0 Å². The van der Waals surface area contributed by atoms with E-state index in [1.165, 1.54) is 69.7 Å². The molecule has 0 saturated carbocycles. The van der Waals surface area contributed by atoms with E-state index in [0.29, 0.717) is 6.54 Å². The summed E-state index contributed by atoms with van der Waals surface area (Å²) in [6.07, 6.45) is 15.3. The molecule has 2 aromatic carbocycles. The lowest BCUT2D eigenvalue weighted by Gasteiger charge is -2.10. The van der Waals surface area contributed by atoms with Gasteiger partial charge in [-0.25, -0.2) is 4.98 Å². The Morgan fingerprint density at radius 3 is 2.29 bits per heavy atom. The highest BCUT2D eigenvalue weighted by Crippen LogP contribution is 2.19. The number of nitrogens with zero attached hydrogens (tertiary/aromatic N) is 2. The van der Waals surface area contributed by atoms with Gasteiger partial charge in [-0.15, -0.1) is 0 Å². The van der Waals surface area contributed by atoms with E-state index in [2.05, 4.69) is 41.1 Å². The molecule has 0 radical (unpaired) electrons. The van der Waals surface area contributed by atoms with Crippen LogP contribution in [0.25, 0.3) is 11.0 Å². The van der Waals surface area contributed by atoms with Gasteiger partial charge < -0.3 is 9.88 Å². The predicted octanol–water partition coefficient (Wildman–Crippen LogP) is 7.63. The number of hydrogen-bond acceptors (Lipinski definition) is 2. The average molecular weight is 462 g/mol. The molecule has 0 bridgehead atoms. The van der Waals surface area contributed by atoms with Crippen molar-refractivity contribution in [2.24, 2.45) is 0 Å². The number of aromatic nitrogens is 2. The number of carbonyl (C=O) groups excluding carboxylic acids is 1. The molecule has 1 N–H and O–H groups in total. The molecule has 1 heterocycles. The monoisotopic (exact) mass is 461 g/mol. The van der Waals surface area contributed by atoms with E-state index in [9.17, 15) is 4.79 Å². The van der Waals surface area contributed by atoms with Gasteiger partial charge in [0, 0.05) is 25.1 Å². The highest BCUT2D eigenvalue weighted by atomic mass is 16.1. The average Bonchev–Trinajstić information content (AvgIpc) is 3.20. The summed E-state index contributed by atoms with van der Waals surface area (Å²) in [4.78, 5) is 17.3. The molecule has 3 rings (SSSR count). The molecule has 4 heteroatoms. The maximum Gasteiger partial charge on any atom is 0.251 e. The summed E-state index contributed by atoms with van der Waals surface area (Å²) in [5.41, 5.74) is 4.15. The highest BCUT2D eigenvalue weighted by Gasteiger charge is 2.11. The third kappa shape index (κ3) is 8.30. The number of hydrogen-bond donors (Lipinski definition) is 1. The lowest BCUT2D eigenvalue weighted by Crippen LogP contribution is -2.25. The smallest absolute Gasteiger partial charge is 0.251 e. The van der Waals surface area contributed by atoms with Gasteiger partial charge in [0.2, 0.25) is 0 Å². The van der Waals surface area contributed by atoms with E-state index in [1.807, 2.05) is 31.2 Å². The fourth-order valence-electron chi connectivity index (χ4n) is 4.66. The van der Waals surface area contributed by atoms with Gasteiger partial charge in [-0.3, -0.25) is 4.79 Å². The zero-order chi connectivity index (χ0) is 24.0. The van der Waals surface area contributed by atoms with Gasteiger partial charge in [-0.2, -0.15) is 0 Å². The van der Waals surface area contributed by atoms with E-state index in [-0.39, 0.29) is 5.91 Å². The van der Waals surface area contributed by atoms with Crippen molar-refractivity contribution in [3.05, 3.63) is 65.5 Å². The van der Waals surface area contributed by atoms with Crippen molar-refractivity contribution in [2.75, 3.05) is 6.54 Å². The van der Waals surface area contributed by atoms with Crippen LogP contribution >= 0.6 is 0 Å². The van der Waals surface area contributed by atoms with Gasteiger partial charge in [-0.1, -0.05) is 94.5 Å². The summed E-state index contributed by atoms with van der Waals surface area (Å²) in [5.74, 6) is 1.14. The molecule has 0 fully saturated rings. The Kier molecular flexibility index (Phi) is 11.2. The van der Waals surface area contributed by atoms with Crippen LogP contribution in [0.2, 0.25) is 0 Å². The number of benzene rings is 2. The summed E-state index contributed by atoms with van der Waals surface area (Å²) >= 11 is 0. The lowest BCUT2D eigenvalue weighted by molar-refractivity contribution is 0.0953. The van der Waals surface area contributed by atoms with E-state index < -0.39 is 0 Å². The standard InChI is InChI=1S/C30H43N3O/c1-3-4-5-6-7-8-9-10-11-14-23-33-28-20-13-12-19-27(28)32-29(33)21-16-22-31-30(34)26-18-15-17-25(2)24-26/h12-13,15,17-20,24H,3-11,14,16,21-23H2,1-2H3,(H,31,34). The number of fused-ring (bicyclic) bond motifs is 1. The maximum atomic E-state index is 12.4. The van der Waals surface area contributed by atoms with Crippen molar-refractivity contribution in [1.82, 2.24) is 14.9 Å². The van der Waals surface area contributed by atoms with Gasteiger partial charge in [0.15, 0.2) is 0 Å². The fourth-order valence-corrected chi connectivity index (χ4v) is 4.66. The van der Waals surface area contributed by atoms with Gasteiger partial charge in [0.1, 0.15) is 5.82 Å². The molecule has 4 nitrogen and oxygen atoms in total. The van der Waals surface area contributed by atoms with Crippen LogP contribution in [0.15, 0.2) is 48.5 Å². The Labute approximate surface area is 206 Å². The number of carbonyl (C=O) groups is 1. The van der Waals surface area contributed by atoms with Gasteiger partial charge in [0.25, 0.3) is 5.91 Å². The lowest BCUT2D eigenvalue weighted by atomic mass is 10.1. The Hall–Kier alpha value is -2.62. The molecule has 0 atom stereocenters. The second-order valence-corrected chi connectivity index (χ2v) is 9.58. The van der Waals surface area contributed by atoms with E-state index in [0.717, 1.165) is 41.9 Å². The van der Waals surface area contributed by atoms with Crippen LogP contribution in [0.1, 0.15) is 99.3 Å². The molecule has 0 aliphatic carbocycles. The number of amides is 1. The molecule has 0 saturated heterocycles. The van der Waals surface area contributed by atoms with Crippen molar-refractivity contribution < 1.29 is 4.79 Å². The first-order chi connectivity index (χ1) is 16.7. The Balaban J connectivity index is 1.43. The molecule has 184 valence electrons. The first kappa shape index (κ1) is 26.0.